The lowest BCUT2D eigenvalue weighted by Crippen LogP contribution is -2.48. The first-order valence-electron chi connectivity index (χ1n) is 9.32. The summed E-state index contributed by atoms with van der Waals surface area (Å²) in [6.07, 6.45) is 0.405. The molecule has 2 amide bonds. The molecule has 28 heavy (non-hydrogen) atoms. The van der Waals surface area contributed by atoms with E-state index in [1.54, 1.807) is 43.0 Å². The Morgan fingerprint density at radius 3 is 2.54 bits per heavy atom. The number of nitrogens with zero attached hydrogens (tertiary/aromatic N) is 4. The Hall–Kier alpha value is -3.03. The van der Waals surface area contributed by atoms with Gasteiger partial charge in [-0.25, -0.2) is 14.4 Å². The van der Waals surface area contributed by atoms with Crippen LogP contribution < -0.4 is 10.2 Å². The van der Waals surface area contributed by atoms with E-state index in [-0.39, 0.29) is 23.3 Å². The molecule has 0 saturated carbocycles. The van der Waals surface area contributed by atoms with Gasteiger partial charge in [-0.1, -0.05) is 18.2 Å². The van der Waals surface area contributed by atoms with Gasteiger partial charge in [0, 0.05) is 45.7 Å². The molecule has 0 aliphatic carbocycles. The zero-order valence-electron chi connectivity index (χ0n) is 16.1. The van der Waals surface area contributed by atoms with Crippen LogP contribution >= 0.6 is 0 Å². The average molecular weight is 385 g/mol. The molecule has 3 rings (SSSR count). The lowest BCUT2D eigenvalue weighted by atomic mass is 10.1. The maximum absolute atomic E-state index is 13.7. The van der Waals surface area contributed by atoms with E-state index >= 15 is 0 Å². The van der Waals surface area contributed by atoms with Crippen LogP contribution in [0.15, 0.2) is 30.3 Å². The zero-order chi connectivity index (χ0) is 20.1. The largest absolute Gasteiger partial charge is 0.353 e. The summed E-state index contributed by atoms with van der Waals surface area (Å²) >= 11 is 0. The molecule has 0 bridgehead atoms. The van der Waals surface area contributed by atoms with Gasteiger partial charge in [-0.15, -0.1) is 0 Å². The second-order valence-electron chi connectivity index (χ2n) is 6.75. The summed E-state index contributed by atoms with van der Waals surface area (Å²) in [5, 5.41) is 2.79. The van der Waals surface area contributed by atoms with Crippen LogP contribution in [-0.4, -0.2) is 59.4 Å². The highest BCUT2D eigenvalue weighted by atomic mass is 19.1. The van der Waals surface area contributed by atoms with Crippen LogP contribution in [0.5, 0.6) is 0 Å². The highest BCUT2D eigenvalue weighted by molar-refractivity contribution is 5.93. The number of halogens is 1. The number of hydrogen-bond acceptors (Lipinski definition) is 5. The molecule has 1 aliphatic rings. The molecular weight excluding hydrogens is 361 g/mol. The fraction of sp³-hybridized carbons (Fsp3) is 0.400. The highest BCUT2D eigenvalue weighted by Gasteiger charge is 2.21. The molecule has 1 aliphatic heterocycles. The number of benzene rings is 1. The quantitative estimate of drug-likeness (QED) is 0.845. The van der Waals surface area contributed by atoms with Gasteiger partial charge in [0.05, 0.1) is 0 Å². The van der Waals surface area contributed by atoms with Gasteiger partial charge >= 0.3 is 0 Å². The van der Waals surface area contributed by atoms with Gasteiger partial charge < -0.3 is 15.1 Å². The van der Waals surface area contributed by atoms with Crippen molar-refractivity contribution in [3.63, 3.8) is 0 Å². The van der Waals surface area contributed by atoms with Gasteiger partial charge in [-0.3, -0.25) is 9.59 Å². The summed E-state index contributed by atoms with van der Waals surface area (Å²) in [5.74, 6) is 0.654. The van der Waals surface area contributed by atoms with Crippen molar-refractivity contribution < 1.29 is 14.0 Å². The van der Waals surface area contributed by atoms with Gasteiger partial charge in [0.25, 0.3) is 5.91 Å². The molecule has 1 aromatic heterocycles. The van der Waals surface area contributed by atoms with Crippen LogP contribution in [0.2, 0.25) is 0 Å². The third kappa shape index (κ3) is 4.82. The van der Waals surface area contributed by atoms with Crippen LogP contribution in [-0.2, 0) is 11.2 Å². The number of anilines is 1. The van der Waals surface area contributed by atoms with E-state index in [0.29, 0.717) is 56.4 Å². The molecule has 1 aromatic carbocycles. The first-order valence-corrected chi connectivity index (χ1v) is 9.32. The maximum atomic E-state index is 13.7. The Morgan fingerprint density at radius 1 is 1.14 bits per heavy atom. The van der Waals surface area contributed by atoms with Crippen molar-refractivity contribution >= 4 is 17.6 Å². The van der Waals surface area contributed by atoms with E-state index in [4.69, 9.17) is 0 Å². The number of carbonyl (C=O) groups is 2. The minimum atomic E-state index is -0.314. The molecule has 1 fully saturated rings. The second-order valence-corrected chi connectivity index (χ2v) is 6.75. The van der Waals surface area contributed by atoms with Crippen LogP contribution in [0.4, 0.5) is 10.2 Å². The summed E-state index contributed by atoms with van der Waals surface area (Å²) in [7, 11) is 0. The van der Waals surface area contributed by atoms with E-state index in [9.17, 15) is 14.0 Å². The van der Waals surface area contributed by atoms with Gasteiger partial charge in [0.1, 0.15) is 23.2 Å². The van der Waals surface area contributed by atoms with Crippen LogP contribution in [0.3, 0.4) is 0 Å². The molecule has 2 aromatic rings. The van der Waals surface area contributed by atoms with Gasteiger partial charge in [0.2, 0.25) is 5.91 Å². The summed E-state index contributed by atoms with van der Waals surface area (Å²) < 4.78 is 13.7. The van der Waals surface area contributed by atoms with Crippen molar-refractivity contribution in [3.8, 4) is 0 Å². The number of aromatic nitrogens is 2. The van der Waals surface area contributed by atoms with Gasteiger partial charge in [-0.2, -0.15) is 0 Å². The molecule has 0 unspecified atom stereocenters. The number of piperazine rings is 1. The van der Waals surface area contributed by atoms with Crippen LogP contribution in [0.1, 0.15) is 28.8 Å². The van der Waals surface area contributed by atoms with Crippen LogP contribution in [0, 0.1) is 12.7 Å². The van der Waals surface area contributed by atoms with Crippen LogP contribution in [0.25, 0.3) is 0 Å². The Labute approximate surface area is 163 Å². The van der Waals surface area contributed by atoms with E-state index in [1.807, 2.05) is 4.90 Å². The molecule has 1 N–H and O–H groups in total. The van der Waals surface area contributed by atoms with Gasteiger partial charge in [-0.05, 0) is 25.0 Å². The second kappa shape index (κ2) is 8.77. The fourth-order valence-corrected chi connectivity index (χ4v) is 3.18. The molecule has 148 valence electrons. The summed E-state index contributed by atoms with van der Waals surface area (Å²) in [5.41, 5.74) is 0.843. The third-order valence-corrected chi connectivity index (χ3v) is 4.74. The van der Waals surface area contributed by atoms with Crippen molar-refractivity contribution in [2.24, 2.45) is 0 Å². The predicted octanol–water partition coefficient (Wildman–Crippen LogP) is 1.57. The van der Waals surface area contributed by atoms with E-state index in [0.717, 1.165) is 0 Å². The Balaban J connectivity index is 1.62. The summed E-state index contributed by atoms with van der Waals surface area (Å²) in [4.78, 5) is 36.4. The van der Waals surface area contributed by atoms with Crippen molar-refractivity contribution in [1.82, 2.24) is 20.2 Å². The molecule has 0 atom stereocenters. The number of nitrogens with one attached hydrogen (secondary N) is 1. The lowest BCUT2D eigenvalue weighted by Gasteiger charge is -2.35. The highest BCUT2D eigenvalue weighted by Crippen LogP contribution is 2.15. The third-order valence-electron chi connectivity index (χ3n) is 4.74. The Kier molecular flexibility index (Phi) is 6.18. The van der Waals surface area contributed by atoms with Crippen molar-refractivity contribution in [2.75, 3.05) is 37.6 Å². The Morgan fingerprint density at radius 2 is 1.86 bits per heavy atom. The van der Waals surface area contributed by atoms with E-state index < -0.39 is 0 Å². The molecule has 0 spiro atoms. The number of hydrogen-bond donors (Lipinski definition) is 1. The number of aryl methyl sites for hydroxylation is 1. The number of rotatable bonds is 5. The minimum Gasteiger partial charge on any atom is -0.353 e. The van der Waals surface area contributed by atoms with Crippen molar-refractivity contribution in [2.45, 2.75) is 20.3 Å². The Bertz CT molecular complexity index is 865. The average Bonchev–Trinajstić information content (AvgIpc) is 2.69. The lowest BCUT2D eigenvalue weighted by molar-refractivity contribution is -0.129. The smallest absolute Gasteiger partial charge is 0.270 e. The predicted molar refractivity (Wildman–Crippen MR) is 104 cm³/mol. The molecule has 7 nitrogen and oxygen atoms in total. The first kappa shape index (κ1) is 19.7. The topological polar surface area (TPSA) is 78.4 Å². The zero-order valence-corrected chi connectivity index (χ0v) is 16.1. The molecule has 8 heteroatoms. The number of amides is 2. The monoisotopic (exact) mass is 385 g/mol. The minimum absolute atomic E-state index is 0.0634. The first-order chi connectivity index (χ1) is 13.4. The molecular formula is C20H24FN5O2. The molecule has 1 saturated heterocycles. The summed E-state index contributed by atoms with van der Waals surface area (Å²) in [6, 6.07) is 8.18. The molecule has 2 heterocycles. The van der Waals surface area contributed by atoms with E-state index in [1.165, 1.54) is 6.07 Å². The maximum Gasteiger partial charge on any atom is 0.270 e. The van der Waals surface area contributed by atoms with Crippen molar-refractivity contribution in [3.05, 3.63) is 53.2 Å². The summed E-state index contributed by atoms with van der Waals surface area (Å²) in [6.45, 7) is 6.19. The normalized spacial score (nSPS) is 14.1. The standard InChI is InChI=1S/C20H24FN5O2/c1-14-23-18(20(28)22-8-7-16-5-3-4-6-17(16)21)13-19(24-14)26-11-9-25(10-12-26)15(2)27/h3-6,13H,7-12H2,1-2H3,(H,22,28). The SMILES string of the molecule is CC(=O)N1CCN(c2cc(C(=O)NCCc3ccccc3F)nc(C)n2)CC1. The fourth-order valence-electron chi connectivity index (χ4n) is 3.18. The van der Waals surface area contributed by atoms with E-state index in [2.05, 4.69) is 15.3 Å². The van der Waals surface area contributed by atoms with Gasteiger partial charge in [0.15, 0.2) is 0 Å². The van der Waals surface area contributed by atoms with Crippen molar-refractivity contribution in [1.29, 1.82) is 0 Å². The molecule has 0 radical (unpaired) electrons. The number of carbonyl (C=O) groups excluding carboxylic acids is 2.